The van der Waals surface area contributed by atoms with E-state index < -0.39 is 0 Å². The summed E-state index contributed by atoms with van der Waals surface area (Å²) in [6.07, 6.45) is 0. The molecule has 0 radical (unpaired) electrons. The Balaban J connectivity index is 1.88. The summed E-state index contributed by atoms with van der Waals surface area (Å²) in [6, 6.07) is 17.1. The van der Waals surface area contributed by atoms with Crippen LogP contribution in [0.3, 0.4) is 0 Å². The lowest BCUT2D eigenvalue weighted by Gasteiger charge is -2.09. The number of aromatic nitrogens is 1. The lowest BCUT2D eigenvalue weighted by atomic mass is 10.2. The van der Waals surface area contributed by atoms with Crippen LogP contribution in [0.25, 0.3) is 10.9 Å². The van der Waals surface area contributed by atoms with Gasteiger partial charge in [-0.05, 0) is 29.8 Å². The van der Waals surface area contributed by atoms with Crippen molar-refractivity contribution in [3.8, 4) is 5.75 Å². The molecule has 2 aromatic carbocycles. The zero-order valence-corrected chi connectivity index (χ0v) is 12.0. The summed E-state index contributed by atoms with van der Waals surface area (Å²) in [7, 11) is 0. The standard InChI is InChI=1S/C16H11Cl2NO/c17-12-7-5-11(6-8-12)10-20-15-9-16(18)19-14-4-2-1-3-13(14)15/h1-9H,10H2. The first-order chi connectivity index (χ1) is 9.72. The predicted molar refractivity (Wildman–Crippen MR) is 82.5 cm³/mol. The molecule has 0 amide bonds. The number of nitrogens with zero attached hydrogens (tertiary/aromatic N) is 1. The molecule has 0 N–H and O–H groups in total. The Labute approximate surface area is 126 Å². The van der Waals surface area contributed by atoms with Crippen molar-refractivity contribution < 1.29 is 4.74 Å². The molecule has 1 heterocycles. The second-order valence-electron chi connectivity index (χ2n) is 4.38. The van der Waals surface area contributed by atoms with Crippen LogP contribution in [0.1, 0.15) is 5.56 Å². The molecule has 100 valence electrons. The van der Waals surface area contributed by atoms with Crippen LogP contribution in [0.4, 0.5) is 0 Å². The fourth-order valence-electron chi connectivity index (χ4n) is 1.97. The number of ether oxygens (including phenoxy) is 1. The van der Waals surface area contributed by atoms with E-state index in [1.807, 2.05) is 48.5 Å². The minimum absolute atomic E-state index is 0.426. The van der Waals surface area contributed by atoms with E-state index in [0.717, 1.165) is 22.2 Å². The Kier molecular flexibility index (Phi) is 3.77. The molecular formula is C16H11Cl2NO. The first-order valence-corrected chi connectivity index (χ1v) is 6.90. The lowest BCUT2D eigenvalue weighted by molar-refractivity contribution is 0.310. The van der Waals surface area contributed by atoms with Crippen molar-refractivity contribution in [1.82, 2.24) is 4.98 Å². The van der Waals surface area contributed by atoms with Gasteiger partial charge in [0.2, 0.25) is 0 Å². The van der Waals surface area contributed by atoms with Crippen molar-refractivity contribution in [3.05, 3.63) is 70.3 Å². The van der Waals surface area contributed by atoms with Gasteiger partial charge in [0, 0.05) is 16.5 Å². The molecule has 0 saturated heterocycles. The number of rotatable bonds is 3. The summed E-state index contributed by atoms with van der Waals surface area (Å²) >= 11 is 11.9. The van der Waals surface area contributed by atoms with E-state index in [1.54, 1.807) is 6.07 Å². The zero-order valence-electron chi connectivity index (χ0n) is 10.5. The van der Waals surface area contributed by atoms with E-state index in [2.05, 4.69) is 4.98 Å². The summed E-state index contributed by atoms with van der Waals surface area (Å²) in [6.45, 7) is 0.460. The zero-order chi connectivity index (χ0) is 13.9. The molecule has 0 saturated carbocycles. The highest BCUT2D eigenvalue weighted by atomic mass is 35.5. The van der Waals surface area contributed by atoms with E-state index in [-0.39, 0.29) is 0 Å². The molecule has 0 fully saturated rings. The number of para-hydroxylation sites is 1. The van der Waals surface area contributed by atoms with E-state index in [0.29, 0.717) is 16.8 Å². The minimum atomic E-state index is 0.426. The fraction of sp³-hybridized carbons (Fsp3) is 0.0625. The van der Waals surface area contributed by atoms with E-state index >= 15 is 0 Å². The van der Waals surface area contributed by atoms with Gasteiger partial charge in [-0.2, -0.15) is 0 Å². The quantitative estimate of drug-likeness (QED) is 0.626. The van der Waals surface area contributed by atoms with Gasteiger partial charge in [-0.3, -0.25) is 0 Å². The third-order valence-electron chi connectivity index (χ3n) is 2.95. The molecule has 0 spiro atoms. The monoisotopic (exact) mass is 303 g/mol. The number of benzene rings is 2. The lowest BCUT2D eigenvalue weighted by Crippen LogP contribution is -1.96. The number of hydrogen-bond donors (Lipinski definition) is 0. The van der Waals surface area contributed by atoms with Crippen molar-refractivity contribution in [2.75, 3.05) is 0 Å². The molecule has 20 heavy (non-hydrogen) atoms. The normalized spacial score (nSPS) is 10.7. The number of hydrogen-bond acceptors (Lipinski definition) is 2. The summed E-state index contributed by atoms with van der Waals surface area (Å²) < 4.78 is 5.86. The first kappa shape index (κ1) is 13.2. The van der Waals surface area contributed by atoms with E-state index in [4.69, 9.17) is 27.9 Å². The predicted octanol–water partition coefficient (Wildman–Crippen LogP) is 5.12. The molecule has 1 aromatic heterocycles. The van der Waals surface area contributed by atoms with Crippen LogP contribution in [-0.4, -0.2) is 4.98 Å². The van der Waals surface area contributed by atoms with Crippen LogP contribution < -0.4 is 4.74 Å². The summed E-state index contributed by atoms with van der Waals surface area (Å²) in [5, 5.41) is 2.09. The molecule has 4 heteroatoms. The highest BCUT2D eigenvalue weighted by Gasteiger charge is 2.05. The average Bonchev–Trinajstić information content (AvgIpc) is 2.46. The molecule has 0 aliphatic carbocycles. The Morgan fingerprint density at radius 3 is 2.50 bits per heavy atom. The van der Waals surface area contributed by atoms with Crippen LogP contribution in [-0.2, 0) is 6.61 Å². The van der Waals surface area contributed by atoms with Gasteiger partial charge in [-0.15, -0.1) is 0 Å². The van der Waals surface area contributed by atoms with Crippen LogP contribution in [0.2, 0.25) is 10.2 Å². The molecular weight excluding hydrogens is 293 g/mol. The Hall–Kier alpha value is -1.77. The summed E-state index contributed by atoms with van der Waals surface area (Å²) in [5.74, 6) is 0.732. The van der Waals surface area contributed by atoms with Gasteiger partial charge in [0.05, 0.1) is 5.52 Å². The Bertz CT molecular complexity index is 741. The third-order valence-corrected chi connectivity index (χ3v) is 3.40. The molecule has 0 aliphatic heterocycles. The Morgan fingerprint density at radius 1 is 0.950 bits per heavy atom. The molecule has 0 atom stereocenters. The van der Waals surface area contributed by atoms with Gasteiger partial charge >= 0.3 is 0 Å². The van der Waals surface area contributed by atoms with Crippen LogP contribution in [0, 0.1) is 0 Å². The highest BCUT2D eigenvalue weighted by molar-refractivity contribution is 6.30. The molecule has 3 rings (SSSR count). The maximum atomic E-state index is 6.02. The Morgan fingerprint density at radius 2 is 1.70 bits per heavy atom. The van der Waals surface area contributed by atoms with Crippen LogP contribution >= 0.6 is 23.2 Å². The van der Waals surface area contributed by atoms with Crippen molar-refractivity contribution >= 4 is 34.1 Å². The van der Waals surface area contributed by atoms with Gasteiger partial charge in [-0.1, -0.05) is 47.5 Å². The van der Waals surface area contributed by atoms with Gasteiger partial charge in [0.15, 0.2) is 0 Å². The fourth-order valence-corrected chi connectivity index (χ4v) is 2.29. The third kappa shape index (κ3) is 2.87. The average molecular weight is 304 g/mol. The van der Waals surface area contributed by atoms with E-state index in [1.165, 1.54) is 0 Å². The van der Waals surface area contributed by atoms with Crippen molar-refractivity contribution in [2.45, 2.75) is 6.61 Å². The molecule has 0 bridgehead atoms. The van der Waals surface area contributed by atoms with Crippen molar-refractivity contribution in [1.29, 1.82) is 0 Å². The maximum absolute atomic E-state index is 6.02. The summed E-state index contributed by atoms with van der Waals surface area (Å²) in [5.41, 5.74) is 1.87. The molecule has 0 unspecified atom stereocenters. The van der Waals surface area contributed by atoms with Gasteiger partial charge < -0.3 is 4.74 Å². The second-order valence-corrected chi connectivity index (χ2v) is 5.20. The molecule has 0 aliphatic rings. The van der Waals surface area contributed by atoms with Gasteiger partial charge in [-0.25, -0.2) is 4.98 Å². The van der Waals surface area contributed by atoms with Crippen molar-refractivity contribution in [2.24, 2.45) is 0 Å². The number of pyridine rings is 1. The SMILES string of the molecule is Clc1ccc(COc2cc(Cl)nc3ccccc23)cc1. The second kappa shape index (κ2) is 5.70. The minimum Gasteiger partial charge on any atom is -0.488 e. The maximum Gasteiger partial charge on any atom is 0.133 e. The largest absolute Gasteiger partial charge is 0.488 e. The number of halogens is 2. The van der Waals surface area contributed by atoms with Crippen molar-refractivity contribution in [3.63, 3.8) is 0 Å². The molecule has 2 nitrogen and oxygen atoms in total. The topological polar surface area (TPSA) is 22.1 Å². The van der Waals surface area contributed by atoms with Gasteiger partial charge in [0.25, 0.3) is 0 Å². The molecule has 3 aromatic rings. The van der Waals surface area contributed by atoms with E-state index in [9.17, 15) is 0 Å². The highest BCUT2D eigenvalue weighted by Crippen LogP contribution is 2.28. The van der Waals surface area contributed by atoms with Crippen LogP contribution in [0.15, 0.2) is 54.6 Å². The summed E-state index contributed by atoms with van der Waals surface area (Å²) in [4.78, 5) is 4.27. The number of fused-ring (bicyclic) bond motifs is 1. The van der Waals surface area contributed by atoms with Crippen LogP contribution in [0.5, 0.6) is 5.75 Å². The smallest absolute Gasteiger partial charge is 0.133 e. The first-order valence-electron chi connectivity index (χ1n) is 6.15. The van der Waals surface area contributed by atoms with Gasteiger partial charge in [0.1, 0.15) is 17.5 Å².